The van der Waals surface area contributed by atoms with Gasteiger partial charge in [0.25, 0.3) is 0 Å². The molecule has 3 nitrogen and oxygen atoms in total. The van der Waals surface area contributed by atoms with E-state index in [2.05, 4.69) is 4.98 Å². The number of aromatic hydroxyl groups is 1. The molecular weight excluding hydrogens is 196 g/mol. The minimum absolute atomic E-state index is 0.160. The molecule has 0 aliphatic carbocycles. The second-order valence-corrected chi connectivity index (χ2v) is 3.83. The van der Waals surface area contributed by atoms with Gasteiger partial charge in [-0.15, -0.1) is 11.3 Å². The Morgan fingerprint density at radius 1 is 1.50 bits per heavy atom. The molecule has 3 N–H and O–H groups in total. The van der Waals surface area contributed by atoms with Gasteiger partial charge in [-0.3, -0.25) is 4.98 Å². The van der Waals surface area contributed by atoms with E-state index in [0.29, 0.717) is 6.54 Å². The van der Waals surface area contributed by atoms with Crippen LogP contribution in [0.4, 0.5) is 0 Å². The van der Waals surface area contributed by atoms with Crippen LogP contribution < -0.4 is 5.73 Å². The Hall–Kier alpha value is -1.39. The van der Waals surface area contributed by atoms with Crippen molar-refractivity contribution in [1.29, 1.82) is 0 Å². The lowest BCUT2D eigenvalue weighted by molar-refractivity contribution is 0.466. The smallest absolute Gasteiger partial charge is 0.138 e. The molecule has 0 atom stereocenters. The van der Waals surface area contributed by atoms with Gasteiger partial charge >= 0.3 is 0 Å². The molecule has 0 aromatic carbocycles. The van der Waals surface area contributed by atoms with Crippen LogP contribution >= 0.6 is 11.3 Å². The Morgan fingerprint density at radius 2 is 2.36 bits per heavy atom. The van der Waals surface area contributed by atoms with E-state index in [1.807, 2.05) is 23.6 Å². The Labute approximate surface area is 85.8 Å². The van der Waals surface area contributed by atoms with Gasteiger partial charge in [0, 0.05) is 12.1 Å². The molecule has 2 aromatic rings. The molecular formula is C10H10N2OS. The van der Waals surface area contributed by atoms with Crippen molar-refractivity contribution < 1.29 is 5.11 Å². The minimum atomic E-state index is 0.160. The van der Waals surface area contributed by atoms with Crippen molar-refractivity contribution in [2.75, 3.05) is 0 Å². The molecule has 0 aliphatic rings. The monoisotopic (exact) mass is 206 g/mol. The molecule has 0 saturated heterocycles. The zero-order chi connectivity index (χ0) is 9.97. The number of rotatable bonds is 2. The Bertz CT molecular complexity index is 426. The van der Waals surface area contributed by atoms with Gasteiger partial charge in [0.2, 0.25) is 0 Å². The molecule has 0 aliphatic heterocycles. The van der Waals surface area contributed by atoms with Crippen LogP contribution in [0.1, 0.15) is 5.56 Å². The van der Waals surface area contributed by atoms with E-state index in [-0.39, 0.29) is 5.75 Å². The van der Waals surface area contributed by atoms with Crippen LogP contribution in [0.15, 0.2) is 29.8 Å². The van der Waals surface area contributed by atoms with Crippen molar-refractivity contribution in [2.45, 2.75) is 6.54 Å². The largest absolute Gasteiger partial charge is 0.506 e. The predicted octanol–water partition coefficient (Wildman–Crippen LogP) is 1.97. The third-order valence-corrected chi connectivity index (χ3v) is 2.85. The lowest BCUT2D eigenvalue weighted by atomic mass is 10.2. The van der Waals surface area contributed by atoms with E-state index in [1.165, 1.54) is 6.20 Å². The normalized spacial score (nSPS) is 10.4. The lowest BCUT2D eigenvalue weighted by Gasteiger charge is -2.02. The summed E-state index contributed by atoms with van der Waals surface area (Å²) < 4.78 is 0. The summed E-state index contributed by atoms with van der Waals surface area (Å²) in [5.74, 6) is 0.160. The van der Waals surface area contributed by atoms with Gasteiger partial charge in [-0.1, -0.05) is 6.07 Å². The first-order chi connectivity index (χ1) is 6.81. The zero-order valence-electron chi connectivity index (χ0n) is 7.47. The van der Waals surface area contributed by atoms with Crippen LogP contribution in [0, 0.1) is 0 Å². The highest BCUT2D eigenvalue weighted by molar-refractivity contribution is 7.13. The van der Waals surface area contributed by atoms with Crippen molar-refractivity contribution in [1.82, 2.24) is 4.98 Å². The van der Waals surface area contributed by atoms with Crippen molar-refractivity contribution in [3.8, 4) is 16.3 Å². The Kier molecular flexibility index (Phi) is 2.47. The van der Waals surface area contributed by atoms with E-state index < -0.39 is 0 Å². The van der Waals surface area contributed by atoms with Gasteiger partial charge in [-0.05, 0) is 17.5 Å². The Balaban J connectivity index is 2.46. The van der Waals surface area contributed by atoms with E-state index in [0.717, 1.165) is 16.1 Å². The molecule has 0 unspecified atom stereocenters. The van der Waals surface area contributed by atoms with E-state index >= 15 is 0 Å². The highest BCUT2D eigenvalue weighted by Crippen LogP contribution is 2.26. The third-order valence-electron chi connectivity index (χ3n) is 1.96. The maximum Gasteiger partial charge on any atom is 0.138 e. The van der Waals surface area contributed by atoms with Gasteiger partial charge in [-0.2, -0.15) is 0 Å². The van der Waals surface area contributed by atoms with E-state index in [4.69, 9.17) is 5.73 Å². The van der Waals surface area contributed by atoms with Crippen LogP contribution in [0.2, 0.25) is 0 Å². The fourth-order valence-corrected chi connectivity index (χ4v) is 1.91. The molecule has 2 heterocycles. The molecule has 2 rings (SSSR count). The highest BCUT2D eigenvalue weighted by Gasteiger charge is 2.04. The third kappa shape index (κ3) is 1.62. The summed E-state index contributed by atoms with van der Waals surface area (Å²) in [6.07, 6.45) is 1.44. The predicted molar refractivity (Wildman–Crippen MR) is 57.1 cm³/mol. The first kappa shape index (κ1) is 9.18. The second-order valence-electron chi connectivity index (χ2n) is 2.88. The van der Waals surface area contributed by atoms with Gasteiger partial charge in [0.05, 0.1) is 16.8 Å². The summed E-state index contributed by atoms with van der Waals surface area (Å²) in [6.45, 7) is 0.326. The van der Waals surface area contributed by atoms with Crippen molar-refractivity contribution in [3.05, 3.63) is 35.3 Å². The molecule has 0 saturated carbocycles. The summed E-state index contributed by atoms with van der Waals surface area (Å²) >= 11 is 1.62. The number of nitrogens with two attached hydrogens (primary N) is 1. The summed E-state index contributed by atoms with van der Waals surface area (Å²) in [7, 11) is 0. The van der Waals surface area contributed by atoms with Crippen LogP contribution in [-0.2, 0) is 6.54 Å². The maximum absolute atomic E-state index is 9.39. The number of pyridine rings is 1. The summed E-state index contributed by atoms with van der Waals surface area (Å²) in [5, 5.41) is 11.4. The molecule has 4 heteroatoms. The standard InChI is InChI=1S/C10H10N2OS/c11-5-7-4-8(12-6-9(7)13)10-2-1-3-14-10/h1-4,6,13H,5,11H2. The fraction of sp³-hybridized carbons (Fsp3) is 0.100. The highest BCUT2D eigenvalue weighted by atomic mass is 32.1. The minimum Gasteiger partial charge on any atom is -0.506 e. The molecule has 14 heavy (non-hydrogen) atoms. The molecule has 0 fully saturated rings. The number of hydrogen-bond acceptors (Lipinski definition) is 4. The first-order valence-electron chi connectivity index (χ1n) is 4.23. The fourth-order valence-electron chi connectivity index (χ4n) is 1.21. The number of thiophene rings is 1. The maximum atomic E-state index is 9.39. The summed E-state index contributed by atoms with van der Waals surface area (Å²) in [6, 6.07) is 5.78. The van der Waals surface area contributed by atoms with Gasteiger partial charge in [-0.25, -0.2) is 0 Å². The van der Waals surface area contributed by atoms with Gasteiger partial charge in [0.15, 0.2) is 0 Å². The Morgan fingerprint density at radius 3 is 3.00 bits per heavy atom. The number of nitrogens with zero attached hydrogens (tertiary/aromatic N) is 1. The van der Waals surface area contributed by atoms with Crippen LogP contribution in [-0.4, -0.2) is 10.1 Å². The van der Waals surface area contributed by atoms with Crippen molar-refractivity contribution in [2.24, 2.45) is 5.73 Å². The van der Waals surface area contributed by atoms with Gasteiger partial charge < -0.3 is 10.8 Å². The number of aromatic nitrogens is 1. The molecule has 2 aromatic heterocycles. The van der Waals surface area contributed by atoms with Crippen molar-refractivity contribution in [3.63, 3.8) is 0 Å². The first-order valence-corrected chi connectivity index (χ1v) is 5.11. The molecule has 0 spiro atoms. The van der Waals surface area contributed by atoms with Crippen molar-refractivity contribution >= 4 is 11.3 Å². The van der Waals surface area contributed by atoms with Crippen LogP contribution in [0.25, 0.3) is 10.6 Å². The number of hydrogen-bond donors (Lipinski definition) is 2. The molecule has 72 valence electrons. The van der Waals surface area contributed by atoms with Gasteiger partial charge in [0.1, 0.15) is 5.75 Å². The second kappa shape index (κ2) is 3.77. The zero-order valence-corrected chi connectivity index (χ0v) is 8.29. The summed E-state index contributed by atoms with van der Waals surface area (Å²) in [4.78, 5) is 5.22. The lowest BCUT2D eigenvalue weighted by Crippen LogP contribution is -1.97. The topological polar surface area (TPSA) is 59.1 Å². The molecule has 0 radical (unpaired) electrons. The van der Waals surface area contributed by atoms with Crippen LogP contribution in [0.3, 0.4) is 0 Å². The average Bonchev–Trinajstić information content (AvgIpc) is 2.71. The quantitative estimate of drug-likeness (QED) is 0.789. The molecule has 0 amide bonds. The van der Waals surface area contributed by atoms with E-state index in [1.54, 1.807) is 11.3 Å². The summed E-state index contributed by atoms with van der Waals surface area (Å²) in [5.41, 5.74) is 7.07. The van der Waals surface area contributed by atoms with Crippen LogP contribution in [0.5, 0.6) is 5.75 Å². The average molecular weight is 206 g/mol. The molecule has 0 bridgehead atoms. The SMILES string of the molecule is NCc1cc(-c2cccs2)ncc1O. The van der Waals surface area contributed by atoms with E-state index in [9.17, 15) is 5.11 Å².